The number of aryl methyl sites for hydroxylation is 2. The van der Waals surface area contributed by atoms with Crippen molar-refractivity contribution < 1.29 is 4.39 Å². The molecule has 0 saturated carbocycles. The maximum atomic E-state index is 13.1. The summed E-state index contributed by atoms with van der Waals surface area (Å²) in [5, 5.41) is 12.4. The van der Waals surface area contributed by atoms with Crippen LogP contribution < -0.4 is 5.32 Å². The van der Waals surface area contributed by atoms with Gasteiger partial charge in [0.1, 0.15) is 11.9 Å². The van der Waals surface area contributed by atoms with E-state index in [-0.39, 0.29) is 5.82 Å². The Morgan fingerprint density at radius 2 is 2.00 bits per heavy atom. The molecule has 2 aromatic rings. The second kappa shape index (κ2) is 5.53. The first-order valence-corrected chi connectivity index (χ1v) is 6.69. The Bertz CT molecular complexity index is 677. The molecule has 3 nitrogen and oxygen atoms in total. The zero-order chi connectivity index (χ0) is 14.0. The summed E-state index contributed by atoms with van der Waals surface area (Å²) < 4.78 is 13.8. The van der Waals surface area contributed by atoms with Crippen molar-refractivity contribution in [3.8, 4) is 6.07 Å². The molecule has 1 aromatic carbocycles. The Labute approximate surface area is 124 Å². The van der Waals surface area contributed by atoms with Crippen molar-refractivity contribution in [2.75, 3.05) is 5.32 Å². The van der Waals surface area contributed by atoms with Gasteiger partial charge in [-0.15, -0.1) is 0 Å². The fraction of sp³-hybridized carbons (Fsp3) is 0.143. The van der Waals surface area contributed by atoms with Gasteiger partial charge in [-0.05, 0) is 60.7 Å². The van der Waals surface area contributed by atoms with E-state index in [2.05, 4.69) is 39.0 Å². The van der Waals surface area contributed by atoms with Crippen LogP contribution in [0.1, 0.15) is 17.0 Å². The molecule has 0 radical (unpaired) electrons. The molecule has 0 aliphatic heterocycles. The van der Waals surface area contributed by atoms with E-state index in [4.69, 9.17) is 0 Å². The van der Waals surface area contributed by atoms with Crippen LogP contribution in [0.5, 0.6) is 0 Å². The van der Waals surface area contributed by atoms with Crippen molar-refractivity contribution in [3.05, 3.63) is 50.6 Å². The quantitative estimate of drug-likeness (QED) is 0.815. The van der Waals surface area contributed by atoms with Crippen LogP contribution in [0.25, 0.3) is 0 Å². The summed E-state index contributed by atoms with van der Waals surface area (Å²) >= 11 is 2.05. The average Bonchev–Trinajstić information content (AvgIpc) is 2.32. The number of hydrogen-bond acceptors (Lipinski definition) is 3. The fourth-order valence-electron chi connectivity index (χ4n) is 1.80. The summed E-state index contributed by atoms with van der Waals surface area (Å²) in [5.41, 5.74) is 3.48. The van der Waals surface area contributed by atoms with Gasteiger partial charge in [-0.2, -0.15) is 5.26 Å². The molecule has 1 aromatic heterocycles. The summed E-state index contributed by atoms with van der Waals surface area (Å²) in [6.45, 7) is 3.67. The number of nitriles is 1. The van der Waals surface area contributed by atoms with Crippen molar-refractivity contribution in [2.24, 2.45) is 0 Å². The van der Waals surface area contributed by atoms with Gasteiger partial charge >= 0.3 is 0 Å². The van der Waals surface area contributed by atoms with Crippen LogP contribution in [-0.2, 0) is 0 Å². The van der Waals surface area contributed by atoms with Crippen LogP contribution in [0, 0.1) is 34.6 Å². The largest absolute Gasteiger partial charge is 0.353 e. The molecule has 0 aliphatic rings. The molecule has 19 heavy (non-hydrogen) atoms. The summed E-state index contributed by atoms with van der Waals surface area (Å²) in [6, 6.07) is 8.43. The minimum Gasteiger partial charge on any atom is -0.353 e. The first-order chi connectivity index (χ1) is 9.01. The predicted molar refractivity (Wildman–Crippen MR) is 80.8 cm³/mol. The number of nitrogens with one attached hydrogen (secondary N) is 1. The first-order valence-electron chi connectivity index (χ1n) is 5.61. The highest BCUT2D eigenvalue weighted by molar-refractivity contribution is 14.1. The van der Waals surface area contributed by atoms with E-state index in [1.165, 1.54) is 12.1 Å². The van der Waals surface area contributed by atoms with Gasteiger partial charge in [0.15, 0.2) is 0 Å². The molecule has 1 N–H and O–H groups in total. The number of aromatic nitrogens is 1. The van der Waals surface area contributed by atoms with Crippen LogP contribution in [-0.4, -0.2) is 4.98 Å². The van der Waals surface area contributed by atoms with Crippen LogP contribution >= 0.6 is 22.6 Å². The number of anilines is 2. The van der Waals surface area contributed by atoms with Crippen molar-refractivity contribution in [2.45, 2.75) is 13.8 Å². The molecular weight excluding hydrogens is 356 g/mol. The Morgan fingerprint density at radius 3 is 2.63 bits per heavy atom. The van der Waals surface area contributed by atoms with Gasteiger partial charge in [0, 0.05) is 9.26 Å². The fourth-order valence-corrected chi connectivity index (χ4v) is 2.42. The number of hydrogen-bond donors (Lipinski definition) is 1. The van der Waals surface area contributed by atoms with E-state index < -0.39 is 0 Å². The Morgan fingerprint density at radius 1 is 1.26 bits per heavy atom. The molecule has 0 spiro atoms. The van der Waals surface area contributed by atoms with E-state index in [0.29, 0.717) is 16.9 Å². The van der Waals surface area contributed by atoms with Gasteiger partial charge in [0.05, 0.1) is 22.6 Å². The third-order valence-electron chi connectivity index (χ3n) is 2.64. The number of pyridine rings is 1. The molecular formula is C14H11FIN3. The van der Waals surface area contributed by atoms with E-state index in [0.717, 1.165) is 15.0 Å². The smallest absolute Gasteiger partial charge is 0.124 e. The summed E-state index contributed by atoms with van der Waals surface area (Å²) in [6.07, 6.45) is 0. The zero-order valence-corrected chi connectivity index (χ0v) is 12.6. The van der Waals surface area contributed by atoms with E-state index in [1.807, 2.05) is 13.0 Å². The highest BCUT2D eigenvalue weighted by Crippen LogP contribution is 2.26. The highest BCUT2D eigenvalue weighted by Gasteiger charge is 2.10. The van der Waals surface area contributed by atoms with E-state index in [9.17, 15) is 9.65 Å². The minimum absolute atomic E-state index is 0.280. The Hall–Kier alpha value is -1.68. The molecule has 0 unspecified atom stereocenters. The highest BCUT2D eigenvalue weighted by atomic mass is 127. The molecule has 0 bridgehead atoms. The third-order valence-corrected chi connectivity index (χ3v) is 3.53. The number of nitrogens with zero attached hydrogens (tertiary/aromatic N) is 2. The monoisotopic (exact) mass is 367 g/mol. The normalized spacial score (nSPS) is 10.1. The second-order valence-corrected chi connectivity index (χ2v) is 5.29. The molecule has 96 valence electrons. The molecule has 2 rings (SSSR count). The van der Waals surface area contributed by atoms with E-state index in [1.54, 1.807) is 13.0 Å². The van der Waals surface area contributed by atoms with Crippen LogP contribution in [0.3, 0.4) is 0 Å². The number of halogens is 2. The lowest BCUT2D eigenvalue weighted by Gasteiger charge is -2.12. The lowest BCUT2D eigenvalue weighted by Crippen LogP contribution is -2.01. The van der Waals surface area contributed by atoms with Gasteiger partial charge in [-0.3, -0.25) is 4.98 Å². The van der Waals surface area contributed by atoms with Crippen molar-refractivity contribution in [1.82, 2.24) is 4.98 Å². The third kappa shape index (κ3) is 3.01. The maximum absolute atomic E-state index is 13.1. The molecule has 0 saturated heterocycles. The van der Waals surface area contributed by atoms with Crippen molar-refractivity contribution in [3.63, 3.8) is 0 Å². The van der Waals surface area contributed by atoms with E-state index >= 15 is 0 Å². The molecule has 0 atom stereocenters. The average molecular weight is 367 g/mol. The zero-order valence-electron chi connectivity index (χ0n) is 10.5. The SMILES string of the molecule is Cc1cc(Nc2ccc(F)cc2I)c(C#N)c(C)n1. The molecule has 0 fully saturated rings. The minimum atomic E-state index is -0.280. The van der Waals surface area contributed by atoms with Crippen LogP contribution in [0.15, 0.2) is 24.3 Å². The Kier molecular flexibility index (Phi) is 4.00. The molecule has 0 amide bonds. The summed E-state index contributed by atoms with van der Waals surface area (Å²) in [4.78, 5) is 4.26. The topological polar surface area (TPSA) is 48.7 Å². The molecule has 1 heterocycles. The van der Waals surface area contributed by atoms with Crippen molar-refractivity contribution in [1.29, 1.82) is 5.26 Å². The van der Waals surface area contributed by atoms with Crippen LogP contribution in [0.2, 0.25) is 0 Å². The molecule has 0 aliphatic carbocycles. The summed E-state index contributed by atoms with van der Waals surface area (Å²) in [5.74, 6) is -0.280. The first kappa shape index (κ1) is 13.7. The molecule has 5 heteroatoms. The van der Waals surface area contributed by atoms with Gasteiger partial charge in [-0.25, -0.2) is 4.39 Å². The Balaban J connectivity index is 2.46. The lowest BCUT2D eigenvalue weighted by molar-refractivity contribution is 0.627. The van der Waals surface area contributed by atoms with Gasteiger partial charge in [-0.1, -0.05) is 0 Å². The standard InChI is InChI=1S/C14H11FIN3/c1-8-5-14(11(7-17)9(2)18-8)19-13-4-3-10(15)6-12(13)16/h3-6H,1-2H3,(H,18,19). The van der Waals surface area contributed by atoms with Gasteiger partial charge in [0.25, 0.3) is 0 Å². The number of benzene rings is 1. The summed E-state index contributed by atoms with van der Waals surface area (Å²) in [7, 11) is 0. The number of rotatable bonds is 2. The van der Waals surface area contributed by atoms with Crippen LogP contribution in [0.4, 0.5) is 15.8 Å². The van der Waals surface area contributed by atoms with Gasteiger partial charge in [0.2, 0.25) is 0 Å². The lowest BCUT2D eigenvalue weighted by atomic mass is 10.1. The van der Waals surface area contributed by atoms with Gasteiger partial charge < -0.3 is 5.32 Å². The van der Waals surface area contributed by atoms with Crippen molar-refractivity contribution >= 4 is 34.0 Å². The second-order valence-electron chi connectivity index (χ2n) is 4.13. The maximum Gasteiger partial charge on any atom is 0.124 e. The predicted octanol–water partition coefficient (Wildman–Crippen LogP) is 4.06.